The quantitative estimate of drug-likeness (QED) is 0.634. The summed E-state index contributed by atoms with van der Waals surface area (Å²) in [7, 11) is 0. The maximum absolute atomic E-state index is 8.93. The van der Waals surface area contributed by atoms with Crippen molar-refractivity contribution in [1.82, 2.24) is 0 Å². The van der Waals surface area contributed by atoms with E-state index in [1.165, 1.54) is 32.1 Å². The lowest BCUT2D eigenvalue weighted by molar-refractivity contribution is 0.117. The molecular weight excluding hydrogens is 138 g/mol. The maximum atomic E-state index is 8.93. The van der Waals surface area contributed by atoms with Crippen LogP contribution in [0.3, 0.4) is 0 Å². The Labute approximate surface area is 68.8 Å². The highest BCUT2D eigenvalue weighted by Crippen LogP contribution is 2.37. The third-order valence-electron chi connectivity index (χ3n) is 3.09. The number of hydrogen-bond acceptors (Lipinski definition) is 2. The van der Waals surface area contributed by atoms with Gasteiger partial charge in [0.2, 0.25) is 0 Å². The van der Waals surface area contributed by atoms with Crippen LogP contribution in [-0.2, 0) is 0 Å². The van der Waals surface area contributed by atoms with Crippen molar-refractivity contribution in [3.8, 4) is 0 Å². The van der Waals surface area contributed by atoms with Gasteiger partial charge in [0, 0.05) is 6.04 Å². The second-order valence-electron chi connectivity index (χ2n) is 4.00. The third-order valence-corrected chi connectivity index (χ3v) is 3.09. The predicted molar refractivity (Wildman–Crippen MR) is 46.3 cm³/mol. The van der Waals surface area contributed by atoms with Crippen molar-refractivity contribution in [3.63, 3.8) is 0 Å². The Balaban J connectivity index is 2.49. The largest absolute Gasteiger partial charge is 0.395 e. The van der Waals surface area contributed by atoms with Gasteiger partial charge in [-0.3, -0.25) is 0 Å². The van der Waals surface area contributed by atoms with Crippen molar-refractivity contribution in [3.05, 3.63) is 0 Å². The molecule has 0 aliphatic heterocycles. The minimum Gasteiger partial charge on any atom is -0.395 e. The average Bonchev–Trinajstić information content (AvgIpc) is 2.04. The van der Waals surface area contributed by atoms with Gasteiger partial charge < -0.3 is 10.8 Å². The average molecular weight is 157 g/mol. The summed E-state index contributed by atoms with van der Waals surface area (Å²) in [6.45, 7) is 2.34. The molecule has 66 valence electrons. The number of aliphatic hydroxyl groups excluding tert-OH is 1. The summed E-state index contributed by atoms with van der Waals surface area (Å²) in [5, 5.41) is 8.93. The molecule has 0 aromatic heterocycles. The van der Waals surface area contributed by atoms with Crippen molar-refractivity contribution < 1.29 is 5.11 Å². The molecule has 0 saturated heterocycles. The molecule has 0 heterocycles. The fraction of sp³-hybridized carbons (Fsp3) is 1.00. The molecule has 0 radical (unpaired) electrons. The molecule has 0 amide bonds. The molecular formula is C9H19NO. The monoisotopic (exact) mass is 157 g/mol. The molecule has 11 heavy (non-hydrogen) atoms. The van der Waals surface area contributed by atoms with Crippen LogP contribution in [0.4, 0.5) is 0 Å². The predicted octanol–water partition coefficient (Wildman–Crippen LogP) is 1.28. The zero-order valence-corrected chi connectivity index (χ0v) is 7.34. The van der Waals surface area contributed by atoms with Crippen LogP contribution in [0.25, 0.3) is 0 Å². The minimum absolute atomic E-state index is 0.0113. The van der Waals surface area contributed by atoms with E-state index in [-0.39, 0.29) is 18.1 Å². The topological polar surface area (TPSA) is 46.2 Å². The van der Waals surface area contributed by atoms with E-state index in [2.05, 4.69) is 6.92 Å². The van der Waals surface area contributed by atoms with E-state index >= 15 is 0 Å². The Kier molecular flexibility index (Phi) is 2.90. The molecule has 0 aromatic carbocycles. The number of rotatable bonds is 2. The van der Waals surface area contributed by atoms with E-state index in [0.29, 0.717) is 0 Å². The van der Waals surface area contributed by atoms with E-state index in [0.717, 1.165) is 0 Å². The smallest absolute Gasteiger partial charge is 0.0587 e. The van der Waals surface area contributed by atoms with Crippen LogP contribution in [0, 0.1) is 5.41 Å². The van der Waals surface area contributed by atoms with Gasteiger partial charge >= 0.3 is 0 Å². The first-order chi connectivity index (χ1) is 5.19. The lowest BCUT2D eigenvalue weighted by atomic mass is 9.71. The van der Waals surface area contributed by atoms with E-state index < -0.39 is 0 Å². The van der Waals surface area contributed by atoms with Crippen molar-refractivity contribution in [1.29, 1.82) is 0 Å². The van der Waals surface area contributed by atoms with Gasteiger partial charge in [-0.15, -0.1) is 0 Å². The van der Waals surface area contributed by atoms with Crippen LogP contribution < -0.4 is 5.73 Å². The Bertz CT molecular complexity index is 119. The second kappa shape index (κ2) is 3.55. The third kappa shape index (κ3) is 1.94. The van der Waals surface area contributed by atoms with Crippen LogP contribution in [0.15, 0.2) is 0 Å². The second-order valence-corrected chi connectivity index (χ2v) is 4.00. The highest BCUT2D eigenvalue weighted by Gasteiger charge is 2.32. The number of aliphatic hydroxyl groups is 1. The fourth-order valence-corrected chi connectivity index (χ4v) is 1.95. The lowest BCUT2D eigenvalue weighted by Gasteiger charge is -2.37. The molecule has 2 heteroatoms. The van der Waals surface area contributed by atoms with Gasteiger partial charge in [0.1, 0.15) is 0 Å². The molecule has 3 N–H and O–H groups in total. The highest BCUT2D eigenvalue weighted by atomic mass is 16.3. The summed E-state index contributed by atoms with van der Waals surface area (Å²) in [6.07, 6.45) is 6.28. The molecule has 1 saturated carbocycles. The molecule has 0 bridgehead atoms. The normalized spacial score (nSPS) is 26.5. The Morgan fingerprint density at radius 1 is 1.36 bits per heavy atom. The summed E-state index contributed by atoms with van der Waals surface area (Å²) in [4.78, 5) is 0. The van der Waals surface area contributed by atoms with Gasteiger partial charge in [0.25, 0.3) is 0 Å². The van der Waals surface area contributed by atoms with Crippen molar-refractivity contribution >= 4 is 0 Å². The van der Waals surface area contributed by atoms with Crippen molar-refractivity contribution in [2.24, 2.45) is 11.1 Å². The van der Waals surface area contributed by atoms with E-state index in [1.54, 1.807) is 0 Å². The van der Waals surface area contributed by atoms with Gasteiger partial charge in [-0.1, -0.05) is 26.2 Å². The fourth-order valence-electron chi connectivity index (χ4n) is 1.95. The van der Waals surface area contributed by atoms with Crippen LogP contribution in [0.2, 0.25) is 0 Å². The molecule has 0 aromatic rings. The molecule has 1 aliphatic rings. The Morgan fingerprint density at radius 3 is 2.36 bits per heavy atom. The lowest BCUT2D eigenvalue weighted by Crippen LogP contribution is -2.43. The first-order valence-electron chi connectivity index (χ1n) is 4.55. The molecule has 1 fully saturated rings. The number of hydrogen-bond donors (Lipinski definition) is 2. The highest BCUT2D eigenvalue weighted by molar-refractivity contribution is 4.87. The van der Waals surface area contributed by atoms with Crippen LogP contribution in [0.5, 0.6) is 0 Å². The molecule has 0 spiro atoms. The number of nitrogens with two attached hydrogens (primary N) is 1. The summed E-state index contributed by atoms with van der Waals surface area (Å²) < 4.78 is 0. The zero-order valence-electron chi connectivity index (χ0n) is 7.34. The standard InChI is InChI=1S/C9H19NO/c1-9(8(10)7-11)5-3-2-4-6-9/h8,11H,2-7,10H2,1H3. The van der Waals surface area contributed by atoms with Crippen molar-refractivity contribution in [2.75, 3.05) is 6.61 Å². The molecule has 1 rings (SSSR count). The van der Waals surface area contributed by atoms with Gasteiger partial charge in [-0.2, -0.15) is 0 Å². The maximum Gasteiger partial charge on any atom is 0.0587 e. The van der Waals surface area contributed by atoms with Crippen LogP contribution in [0.1, 0.15) is 39.0 Å². The first kappa shape index (κ1) is 9.01. The molecule has 2 nitrogen and oxygen atoms in total. The van der Waals surface area contributed by atoms with E-state index in [9.17, 15) is 0 Å². The van der Waals surface area contributed by atoms with Crippen LogP contribution >= 0.6 is 0 Å². The SMILES string of the molecule is CC1(C(N)CO)CCCCC1. The van der Waals surface area contributed by atoms with Gasteiger partial charge in [0.05, 0.1) is 6.61 Å². The van der Waals surface area contributed by atoms with Crippen molar-refractivity contribution in [2.45, 2.75) is 45.1 Å². The summed E-state index contributed by atoms with van der Waals surface area (Å²) in [5.41, 5.74) is 6.05. The zero-order chi connectivity index (χ0) is 8.32. The summed E-state index contributed by atoms with van der Waals surface area (Å²) in [5.74, 6) is 0. The minimum atomic E-state index is -0.0113. The summed E-state index contributed by atoms with van der Waals surface area (Å²) in [6, 6.07) is -0.0113. The Morgan fingerprint density at radius 2 is 1.91 bits per heavy atom. The van der Waals surface area contributed by atoms with Gasteiger partial charge in [-0.05, 0) is 18.3 Å². The summed E-state index contributed by atoms with van der Waals surface area (Å²) >= 11 is 0. The van der Waals surface area contributed by atoms with Gasteiger partial charge in [0.15, 0.2) is 0 Å². The van der Waals surface area contributed by atoms with Crippen LogP contribution in [-0.4, -0.2) is 17.8 Å². The molecule has 1 unspecified atom stereocenters. The molecule has 1 aliphatic carbocycles. The Hall–Kier alpha value is -0.0800. The van der Waals surface area contributed by atoms with Gasteiger partial charge in [-0.25, -0.2) is 0 Å². The molecule has 1 atom stereocenters. The van der Waals surface area contributed by atoms with E-state index in [4.69, 9.17) is 10.8 Å². The van der Waals surface area contributed by atoms with E-state index in [1.807, 2.05) is 0 Å². The first-order valence-corrected chi connectivity index (χ1v) is 4.55.